The summed E-state index contributed by atoms with van der Waals surface area (Å²) in [6, 6.07) is 14.0. The summed E-state index contributed by atoms with van der Waals surface area (Å²) >= 11 is 0. The second-order valence-electron chi connectivity index (χ2n) is 7.76. The standard InChI is InChI=1S/C24H26N2O4/c1-2-16-11-12-19(30-14-20(27)28)22-21-17(24(25)29)9-6-10-18(21)26(23(16)22)13-15-7-4-3-5-8-15/h3-5,7-8,11-12,17H,2,6,9-10,13-14H2,1H3,(H2,25,29)(H,27,28). The number of primary amides is 1. The normalized spacial score (nSPS) is 15.7. The van der Waals surface area contributed by atoms with Crippen LogP contribution >= 0.6 is 0 Å². The molecule has 0 spiro atoms. The van der Waals surface area contributed by atoms with Crippen molar-refractivity contribution in [2.45, 2.75) is 45.1 Å². The van der Waals surface area contributed by atoms with Gasteiger partial charge in [-0.1, -0.05) is 43.3 Å². The Morgan fingerprint density at radius 1 is 1.20 bits per heavy atom. The minimum absolute atomic E-state index is 0.346. The van der Waals surface area contributed by atoms with Crippen molar-refractivity contribution in [3.8, 4) is 5.75 Å². The number of fused-ring (bicyclic) bond motifs is 3. The summed E-state index contributed by atoms with van der Waals surface area (Å²) in [4.78, 5) is 23.5. The maximum Gasteiger partial charge on any atom is 0.341 e. The lowest BCUT2D eigenvalue weighted by atomic mass is 9.84. The SMILES string of the molecule is CCc1ccc(OCC(=O)O)c2c3c(n(Cc4ccccc4)c12)CCCC3C(N)=O. The van der Waals surface area contributed by atoms with Gasteiger partial charge < -0.3 is 20.1 Å². The molecule has 3 N–H and O–H groups in total. The average molecular weight is 406 g/mol. The van der Waals surface area contributed by atoms with E-state index in [-0.39, 0.29) is 5.91 Å². The Kier molecular flexibility index (Phi) is 5.48. The van der Waals surface area contributed by atoms with Crippen molar-refractivity contribution in [2.75, 3.05) is 6.61 Å². The summed E-state index contributed by atoms with van der Waals surface area (Å²) in [6.07, 6.45) is 3.25. The predicted octanol–water partition coefficient (Wildman–Crippen LogP) is 3.62. The topological polar surface area (TPSA) is 94.6 Å². The van der Waals surface area contributed by atoms with E-state index in [1.54, 1.807) is 0 Å². The summed E-state index contributed by atoms with van der Waals surface area (Å²) in [5.74, 6) is -1.28. The average Bonchev–Trinajstić information content (AvgIpc) is 3.07. The molecule has 2 aromatic carbocycles. The Balaban J connectivity index is 2.01. The van der Waals surface area contributed by atoms with Gasteiger partial charge in [0.2, 0.25) is 5.91 Å². The molecule has 0 saturated carbocycles. The molecule has 1 aliphatic rings. The van der Waals surface area contributed by atoms with E-state index in [0.29, 0.717) is 18.7 Å². The first-order chi connectivity index (χ1) is 14.5. The van der Waals surface area contributed by atoms with Crippen LogP contribution in [0.4, 0.5) is 0 Å². The number of carboxylic acids is 1. The maximum absolute atomic E-state index is 12.3. The molecule has 6 heteroatoms. The summed E-state index contributed by atoms with van der Waals surface area (Å²) in [5.41, 5.74) is 11.1. The number of aliphatic carboxylic acids is 1. The van der Waals surface area contributed by atoms with E-state index < -0.39 is 18.5 Å². The van der Waals surface area contributed by atoms with Crippen molar-refractivity contribution in [3.05, 3.63) is 64.8 Å². The molecular weight excluding hydrogens is 380 g/mol. The number of rotatable bonds is 7. The number of ether oxygens (including phenoxy) is 1. The molecule has 0 saturated heterocycles. The van der Waals surface area contributed by atoms with Gasteiger partial charge in [0.1, 0.15) is 5.75 Å². The van der Waals surface area contributed by atoms with Gasteiger partial charge in [0, 0.05) is 17.6 Å². The molecule has 3 aromatic rings. The van der Waals surface area contributed by atoms with Crippen molar-refractivity contribution in [1.29, 1.82) is 0 Å². The fourth-order valence-electron chi connectivity index (χ4n) is 4.64. The summed E-state index contributed by atoms with van der Waals surface area (Å²) in [5, 5.41) is 9.96. The lowest BCUT2D eigenvalue weighted by Crippen LogP contribution is -2.25. The smallest absolute Gasteiger partial charge is 0.341 e. The van der Waals surface area contributed by atoms with E-state index in [4.69, 9.17) is 15.6 Å². The Morgan fingerprint density at radius 3 is 2.63 bits per heavy atom. The van der Waals surface area contributed by atoms with E-state index in [1.807, 2.05) is 30.3 Å². The Labute approximate surface area is 175 Å². The second-order valence-corrected chi connectivity index (χ2v) is 7.76. The van der Waals surface area contributed by atoms with Crippen molar-refractivity contribution < 1.29 is 19.4 Å². The minimum atomic E-state index is -1.04. The number of nitrogens with two attached hydrogens (primary N) is 1. The Hall–Kier alpha value is -3.28. The van der Waals surface area contributed by atoms with Crippen LogP contribution < -0.4 is 10.5 Å². The Morgan fingerprint density at radius 2 is 1.97 bits per heavy atom. The summed E-state index contributed by atoms with van der Waals surface area (Å²) in [7, 11) is 0. The molecule has 1 aromatic heterocycles. The largest absolute Gasteiger partial charge is 0.481 e. The van der Waals surface area contributed by atoms with Crippen LogP contribution in [0.15, 0.2) is 42.5 Å². The van der Waals surface area contributed by atoms with Crippen molar-refractivity contribution in [3.63, 3.8) is 0 Å². The van der Waals surface area contributed by atoms with E-state index in [2.05, 4.69) is 23.6 Å². The molecule has 0 bridgehead atoms. The molecule has 1 amide bonds. The third-order valence-electron chi connectivity index (χ3n) is 5.91. The van der Waals surface area contributed by atoms with Crippen LogP contribution in [0.25, 0.3) is 10.9 Å². The van der Waals surface area contributed by atoms with Crippen LogP contribution in [0, 0.1) is 0 Å². The van der Waals surface area contributed by atoms with Gasteiger partial charge >= 0.3 is 5.97 Å². The number of aromatic nitrogens is 1. The summed E-state index contributed by atoms with van der Waals surface area (Å²) < 4.78 is 7.95. The first-order valence-corrected chi connectivity index (χ1v) is 10.4. The zero-order chi connectivity index (χ0) is 21.3. The Bertz CT molecular complexity index is 1100. The number of hydrogen-bond acceptors (Lipinski definition) is 3. The van der Waals surface area contributed by atoms with Gasteiger partial charge in [-0.2, -0.15) is 0 Å². The highest BCUT2D eigenvalue weighted by molar-refractivity contribution is 5.98. The van der Waals surface area contributed by atoms with Crippen molar-refractivity contribution >= 4 is 22.8 Å². The molecule has 156 valence electrons. The van der Waals surface area contributed by atoms with E-state index >= 15 is 0 Å². The third-order valence-corrected chi connectivity index (χ3v) is 5.91. The number of carboxylic acid groups (broad SMARTS) is 1. The van der Waals surface area contributed by atoms with Crippen LogP contribution in [-0.4, -0.2) is 28.2 Å². The van der Waals surface area contributed by atoms with Crippen LogP contribution in [0.2, 0.25) is 0 Å². The van der Waals surface area contributed by atoms with E-state index in [9.17, 15) is 9.59 Å². The molecule has 4 rings (SSSR count). The van der Waals surface area contributed by atoms with Crippen LogP contribution in [0.1, 0.15) is 48.1 Å². The van der Waals surface area contributed by atoms with Gasteiger partial charge in [-0.3, -0.25) is 4.79 Å². The highest BCUT2D eigenvalue weighted by atomic mass is 16.5. The number of carbonyl (C=O) groups is 2. The highest BCUT2D eigenvalue weighted by Crippen LogP contribution is 2.44. The molecule has 1 heterocycles. The number of nitrogens with zero attached hydrogens (tertiary/aromatic N) is 1. The van der Waals surface area contributed by atoms with E-state index in [1.165, 1.54) is 0 Å². The molecule has 1 aliphatic carbocycles. The number of amides is 1. The maximum atomic E-state index is 12.3. The van der Waals surface area contributed by atoms with Crippen molar-refractivity contribution in [2.24, 2.45) is 5.73 Å². The van der Waals surface area contributed by atoms with Crippen molar-refractivity contribution in [1.82, 2.24) is 4.57 Å². The first kappa shape index (κ1) is 20.0. The molecular formula is C24H26N2O4. The molecule has 1 unspecified atom stereocenters. The monoisotopic (exact) mass is 406 g/mol. The van der Waals surface area contributed by atoms with Crippen LogP contribution in [-0.2, 0) is 29.0 Å². The van der Waals surface area contributed by atoms with E-state index in [0.717, 1.165) is 52.5 Å². The van der Waals surface area contributed by atoms with Gasteiger partial charge in [-0.25, -0.2) is 4.79 Å². The zero-order valence-corrected chi connectivity index (χ0v) is 17.1. The quantitative estimate of drug-likeness (QED) is 0.627. The zero-order valence-electron chi connectivity index (χ0n) is 17.1. The minimum Gasteiger partial charge on any atom is -0.481 e. The van der Waals surface area contributed by atoms with Gasteiger partial charge in [0.05, 0.1) is 11.4 Å². The van der Waals surface area contributed by atoms with Gasteiger partial charge in [0.25, 0.3) is 0 Å². The van der Waals surface area contributed by atoms with Gasteiger partial charge in [-0.05, 0) is 48.4 Å². The first-order valence-electron chi connectivity index (χ1n) is 10.4. The predicted molar refractivity (Wildman–Crippen MR) is 115 cm³/mol. The number of carbonyl (C=O) groups excluding carboxylic acids is 1. The highest BCUT2D eigenvalue weighted by Gasteiger charge is 2.33. The molecule has 0 radical (unpaired) electrons. The lowest BCUT2D eigenvalue weighted by Gasteiger charge is -2.22. The molecule has 1 atom stereocenters. The molecule has 30 heavy (non-hydrogen) atoms. The van der Waals surface area contributed by atoms with Crippen LogP contribution in [0.5, 0.6) is 5.75 Å². The third kappa shape index (κ3) is 3.54. The molecule has 0 aliphatic heterocycles. The lowest BCUT2D eigenvalue weighted by molar-refractivity contribution is -0.139. The summed E-state index contributed by atoms with van der Waals surface area (Å²) in [6.45, 7) is 2.34. The van der Waals surface area contributed by atoms with Crippen LogP contribution in [0.3, 0.4) is 0 Å². The molecule has 0 fully saturated rings. The fraction of sp³-hybridized carbons (Fsp3) is 0.333. The molecule has 6 nitrogen and oxygen atoms in total. The van der Waals surface area contributed by atoms with Gasteiger partial charge in [0.15, 0.2) is 6.61 Å². The fourth-order valence-corrected chi connectivity index (χ4v) is 4.64. The second kappa shape index (κ2) is 8.22. The van der Waals surface area contributed by atoms with Gasteiger partial charge in [-0.15, -0.1) is 0 Å². The number of benzene rings is 2. The number of aryl methyl sites for hydroxylation is 1. The number of hydrogen-bond donors (Lipinski definition) is 2.